The number of nitrogens with one attached hydrogen (secondary N) is 8. The van der Waals surface area contributed by atoms with Crippen molar-refractivity contribution in [2.75, 3.05) is 72.6 Å². The fourth-order valence-electron chi connectivity index (χ4n) is 16.0. The number of aromatic amines is 2. The normalized spacial score (nSPS) is 15.0. The second-order valence-electron chi connectivity index (χ2n) is 36.5. The molecule has 0 bridgehead atoms. The van der Waals surface area contributed by atoms with E-state index in [4.69, 9.17) is 34.2 Å². The molecule has 39 nitrogen and oxygen atoms in total. The predicted molar refractivity (Wildman–Crippen MR) is 512 cm³/mol. The molecule has 1 aliphatic carbocycles. The van der Waals surface area contributed by atoms with Crippen molar-refractivity contribution in [3.63, 3.8) is 0 Å². The van der Waals surface area contributed by atoms with Crippen molar-refractivity contribution in [2.45, 2.75) is 265 Å². The monoisotopic (exact) mass is 1960 g/mol. The van der Waals surface area contributed by atoms with E-state index in [-0.39, 0.29) is 62.3 Å². The van der Waals surface area contributed by atoms with E-state index in [0.717, 1.165) is 97.5 Å². The highest BCUT2D eigenvalue weighted by Crippen LogP contribution is 2.33. The van der Waals surface area contributed by atoms with Gasteiger partial charge in [-0.15, -0.1) is 21.2 Å². The zero-order valence-electron chi connectivity index (χ0n) is 81.7. The predicted octanol–water partition coefficient (Wildman–Crippen LogP) is 5.67. The number of halogens is 1. The third-order valence-electron chi connectivity index (χ3n) is 24.1. The summed E-state index contributed by atoms with van der Waals surface area (Å²) >= 11 is 0. The molecule has 0 saturated carbocycles. The largest absolute Gasteiger partial charge is 0.494 e. The number of carbonyl (C=O) groups is 13. The van der Waals surface area contributed by atoms with E-state index in [1.807, 2.05) is 75.5 Å². The molecule has 0 saturated heterocycles. The van der Waals surface area contributed by atoms with Gasteiger partial charge in [0, 0.05) is 95.3 Å². The van der Waals surface area contributed by atoms with Crippen LogP contribution in [0.2, 0.25) is 0 Å². The topological polar surface area (TPSA) is 570 Å². The Labute approximate surface area is 819 Å². The average Bonchev–Trinajstić information content (AvgIpc) is 0.808. The minimum Gasteiger partial charge on any atom is -0.494 e. The van der Waals surface area contributed by atoms with Crippen LogP contribution in [0.25, 0.3) is 11.1 Å². The Morgan fingerprint density at radius 3 is 2.01 bits per heavy atom. The van der Waals surface area contributed by atoms with E-state index < -0.39 is 193 Å². The number of H-pyrrole nitrogens is 2. The van der Waals surface area contributed by atoms with Crippen molar-refractivity contribution in [1.82, 2.24) is 77.5 Å². The number of nitrogens with zero attached hydrogens (tertiary/aromatic N) is 7. The van der Waals surface area contributed by atoms with Crippen LogP contribution in [0.1, 0.15) is 201 Å². The van der Waals surface area contributed by atoms with Gasteiger partial charge in [0.1, 0.15) is 53.5 Å². The van der Waals surface area contributed by atoms with Gasteiger partial charge >= 0.3 is 5.97 Å². The molecular weight excluding hydrogens is 1820 g/mol. The number of aliphatic hydroxyl groups excluding tert-OH is 3. The summed E-state index contributed by atoms with van der Waals surface area (Å²) in [4.78, 5) is 188. The van der Waals surface area contributed by atoms with Gasteiger partial charge in [-0.3, -0.25) is 67.0 Å². The number of nitrogens with two attached hydrogens (primary N) is 1. The number of carboxylic acids is 1. The van der Waals surface area contributed by atoms with Crippen molar-refractivity contribution in [1.29, 1.82) is 0 Å². The fourth-order valence-corrected chi connectivity index (χ4v) is 16.0. The SMILES string of the molecule is CCc1cc(OCCCCn2cc(COCCOCCOCCOCCCC(=O)COC3C#CCCCCC3)nn2)ccc1-c1ccc(C[C@H](CC(=O)[C@H](CC(=O)O)NC(=O)[C@H](CO)CC(=O)[C@@H](NC(=O)[C@@](C)(CC(=O)[C@@H](NC(=O)CCC(=O)[C@H](Cc2nn[nH]n2)NC(=O)C(C)(C)C(=O)NCCc2cnc[nH]2)[C@@H](C)O)Cc2ccccc2F)[C@@H](C)O)C(=O)N[C@@H](CCCc2cc(C)cc(C)c2)C(N)=O)cc1. The minimum atomic E-state index is -2.12. The van der Waals surface area contributed by atoms with Crippen LogP contribution in [0, 0.1) is 54.2 Å². The molecule has 1 unspecified atom stereocenters. The molecule has 0 aliphatic heterocycles. The summed E-state index contributed by atoms with van der Waals surface area (Å²) in [5.74, 6) is -9.10. The Kier molecular flexibility index (Phi) is 47.7. The molecule has 11 atom stereocenters. The first-order chi connectivity index (χ1) is 67.5. The van der Waals surface area contributed by atoms with E-state index in [1.54, 1.807) is 23.0 Å². The number of imidazole rings is 1. The highest BCUT2D eigenvalue weighted by atomic mass is 19.1. The first-order valence-electron chi connectivity index (χ1n) is 48.1. The molecule has 3 heterocycles. The number of carboxylic acid groups (broad SMARTS) is 1. The number of amides is 7. The number of aromatic nitrogens is 9. The Hall–Kier alpha value is -12.6. The number of unbranched alkanes of at least 4 members (excludes halogenated alkanes) is 1. The third-order valence-corrected chi connectivity index (χ3v) is 24.1. The summed E-state index contributed by atoms with van der Waals surface area (Å²) in [5.41, 5.74) is 9.58. The van der Waals surface area contributed by atoms with Gasteiger partial charge in [-0.25, -0.2) is 9.37 Å². The molecule has 1 aliphatic rings. The number of aliphatic carboxylic acids is 1. The first-order valence-corrected chi connectivity index (χ1v) is 48.1. The van der Waals surface area contributed by atoms with Crippen molar-refractivity contribution in [3.8, 4) is 28.7 Å². The van der Waals surface area contributed by atoms with Crippen molar-refractivity contribution in [3.05, 3.63) is 160 Å². The highest BCUT2D eigenvalue weighted by Gasteiger charge is 2.44. The number of hydrogen-bond donors (Lipinski definition) is 13. The quantitative estimate of drug-likeness (QED) is 0.0124. The number of ether oxygens (including phenoxy) is 6. The van der Waals surface area contributed by atoms with Gasteiger partial charge in [-0.2, -0.15) is 5.21 Å². The molecule has 4 aromatic carbocycles. The number of tetrazole rings is 1. The number of aliphatic hydroxyl groups is 3. The zero-order chi connectivity index (χ0) is 102. The van der Waals surface area contributed by atoms with E-state index in [2.05, 4.69) is 84.6 Å². The smallest absolute Gasteiger partial charge is 0.305 e. The van der Waals surface area contributed by atoms with Gasteiger partial charge in [-0.1, -0.05) is 114 Å². The summed E-state index contributed by atoms with van der Waals surface area (Å²) in [6.45, 7) is 15.2. The van der Waals surface area contributed by atoms with Gasteiger partial charge < -0.3 is 91.5 Å². The van der Waals surface area contributed by atoms with Gasteiger partial charge in [0.15, 0.2) is 34.7 Å². The van der Waals surface area contributed by atoms with Gasteiger partial charge in [0.25, 0.3) is 0 Å². The van der Waals surface area contributed by atoms with Gasteiger partial charge in [-0.05, 0) is 170 Å². The second kappa shape index (κ2) is 59.2. The number of rotatable bonds is 68. The van der Waals surface area contributed by atoms with Crippen molar-refractivity contribution < 1.29 is 116 Å². The maximum atomic E-state index is 15.7. The molecule has 0 fully saturated rings. The second-order valence-corrected chi connectivity index (χ2v) is 36.5. The van der Waals surface area contributed by atoms with Crippen LogP contribution >= 0.6 is 0 Å². The maximum absolute atomic E-state index is 15.7. The molecule has 40 heteroatoms. The number of ketones is 5. The third kappa shape index (κ3) is 39.4. The molecule has 8 rings (SSSR count). The lowest BCUT2D eigenvalue weighted by Gasteiger charge is -2.33. The van der Waals surface area contributed by atoms with Crippen LogP contribution in [0.5, 0.6) is 5.75 Å². The lowest BCUT2D eigenvalue weighted by Crippen LogP contribution is -2.55. The highest BCUT2D eigenvalue weighted by molar-refractivity contribution is 6.06. The van der Waals surface area contributed by atoms with Crippen LogP contribution < -0.4 is 42.4 Å². The number of carbonyl (C=O) groups excluding carboxylic acids is 12. The molecule has 766 valence electrons. The van der Waals surface area contributed by atoms with Crippen LogP contribution in [-0.2, 0) is 138 Å². The Balaban J connectivity index is 0.848. The molecular formula is C101H137FN16O23. The molecule has 7 amide bonds. The number of primary amides is 1. The van der Waals surface area contributed by atoms with E-state index in [0.29, 0.717) is 121 Å². The summed E-state index contributed by atoms with van der Waals surface area (Å²) in [6, 6.07) is 15.8. The molecule has 14 N–H and O–H groups in total. The average molecular weight is 1960 g/mol. The fraction of sp³-hybridized carbons (Fsp3) is 0.554. The molecule has 7 aromatic rings. The molecule has 3 aromatic heterocycles. The van der Waals surface area contributed by atoms with Crippen LogP contribution in [0.15, 0.2) is 104 Å². The van der Waals surface area contributed by atoms with Gasteiger partial charge in [0.2, 0.25) is 41.4 Å². The summed E-state index contributed by atoms with van der Waals surface area (Å²) in [5, 5.41) is 80.4. The van der Waals surface area contributed by atoms with E-state index >= 15 is 4.39 Å². The molecule has 0 radical (unpaired) electrons. The summed E-state index contributed by atoms with van der Waals surface area (Å²) in [6.07, 6.45) is 4.71. The number of hydrogen-bond acceptors (Lipinski definition) is 28. The Bertz CT molecular complexity index is 5270. The van der Waals surface area contributed by atoms with Crippen LogP contribution in [0.4, 0.5) is 4.39 Å². The first kappa shape index (κ1) is 114. The van der Waals surface area contributed by atoms with Gasteiger partial charge in [0.05, 0.1) is 114 Å². The summed E-state index contributed by atoms with van der Waals surface area (Å²) in [7, 11) is 0. The number of aryl methyl sites for hydroxylation is 5. The Morgan fingerprint density at radius 2 is 1.34 bits per heavy atom. The standard InChI is InChI=1S/C101H137FN16O23/c1-9-70-51-79(140-40-18-17-38-118-59-76(112-117-118)61-139-46-45-138-44-43-137-42-41-136-39-20-23-77(122)62-141-78-24-13-11-10-12-14-25-78)32-33-80(70)71-30-28-68(29-31-71)50-73(95(131)107-82(94(103)130)27-19-21-69-48-64(2)47-65(3)49-69)52-86(124)84(55-91(128)129)108-96(132)74(60-119)53-87(125)92(66(4)120)111-99(135)101(8,56-72-22-15-16-26-81(72)102)57-88(126)93(67(5)121)110-90(127)35-34-85(123)83(54-89-113-115-116-114-89)109-98(134)100(6,7)97(133)105-37-36-75-58-104-63-106-75/h15-16,22,26,28-33,47-49,51,58-59,63,66-67,73-74,78,82-84,92-93,119-121H,9-13,17-21,23-24,27,34-46,50,52-57,60-62H2,1-8H3,(H2,103,130)(H,104,106)(H,105,133)(H,107,131)(H,108,132)(H,109,134)(H,110,127)(H,111,135)(H,128,129)(H,113,114,115,116)/t66-,67-,73-,74+,78?,82+,83+,84+,92+,93+,101-/m1/s1. The number of benzene rings is 4. The minimum absolute atomic E-state index is 0.0168. The van der Waals surface area contributed by atoms with Crippen LogP contribution in [-0.4, -0.2) is 263 Å². The lowest BCUT2D eigenvalue weighted by atomic mass is 9.76. The molecule has 141 heavy (non-hydrogen) atoms. The van der Waals surface area contributed by atoms with Crippen molar-refractivity contribution >= 4 is 76.2 Å². The maximum Gasteiger partial charge on any atom is 0.305 e. The van der Waals surface area contributed by atoms with Crippen LogP contribution in [0.3, 0.4) is 0 Å². The summed E-state index contributed by atoms with van der Waals surface area (Å²) < 4.78 is 51.9. The van der Waals surface area contributed by atoms with E-state index in [9.17, 15) is 82.8 Å². The zero-order valence-corrected chi connectivity index (χ0v) is 81.7. The Morgan fingerprint density at radius 1 is 0.652 bits per heavy atom. The van der Waals surface area contributed by atoms with Crippen molar-refractivity contribution in [2.24, 2.45) is 28.4 Å². The number of Topliss-reactive ketones (excluding diaryl/α,β-unsaturated/α-hetero) is 5. The lowest BCUT2D eigenvalue weighted by molar-refractivity contribution is -0.143. The molecule has 0 spiro atoms. The van der Waals surface area contributed by atoms with E-state index in [1.165, 1.54) is 45.3 Å².